The summed E-state index contributed by atoms with van der Waals surface area (Å²) < 4.78 is 1.96. The molecule has 0 bridgehead atoms. The Bertz CT molecular complexity index is 504. The first-order chi connectivity index (χ1) is 8.72. The number of hydrogen-bond donors (Lipinski definition) is 1. The molecule has 0 saturated carbocycles. The average molecular weight is 245 g/mol. The molecular formula is C13H19N5. The van der Waals surface area contributed by atoms with Crippen molar-refractivity contribution in [2.45, 2.75) is 33.2 Å². The first kappa shape index (κ1) is 12.5. The maximum atomic E-state index is 4.51. The van der Waals surface area contributed by atoms with Crippen molar-refractivity contribution in [2.75, 3.05) is 11.9 Å². The van der Waals surface area contributed by atoms with E-state index < -0.39 is 0 Å². The fourth-order valence-electron chi connectivity index (χ4n) is 1.75. The number of aromatic nitrogens is 4. The van der Waals surface area contributed by atoms with Gasteiger partial charge in [-0.2, -0.15) is 5.10 Å². The summed E-state index contributed by atoms with van der Waals surface area (Å²) in [5, 5.41) is 7.51. The third kappa shape index (κ3) is 2.67. The van der Waals surface area contributed by atoms with Crippen LogP contribution in [0.15, 0.2) is 24.5 Å². The van der Waals surface area contributed by atoms with E-state index >= 15 is 0 Å². The lowest BCUT2D eigenvalue weighted by molar-refractivity contribution is 0.538. The first-order valence-electron chi connectivity index (χ1n) is 6.33. The molecule has 2 heterocycles. The van der Waals surface area contributed by atoms with Gasteiger partial charge in [-0.3, -0.25) is 4.68 Å². The molecular weight excluding hydrogens is 226 g/mol. The van der Waals surface area contributed by atoms with Gasteiger partial charge in [-0.15, -0.1) is 0 Å². The highest BCUT2D eigenvalue weighted by Gasteiger charge is 2.10. The molecule has 0 saturated heterocycles. The summed E-state index contributed by atoms with van der Waals surface area (Å²) in [4.78, 5) is 8.72. The van der Waals surface area contributed by atoms with Crippen LogP contribution in [0.2, 0.25) is 0 Å². The van der Waals surface area contributed by atoms with Crippen molar-refractivity contribution in [3.8, 4) is 11.4 Å². The SMILES string of the molecule is CCCNc1nccc(-c2ccnn2C(C)C)n1. The van der Waals surface area contributed by atoms with Gasteiger partial charge in [0, 0.05) is 25.0 Å². The van der Waals surface area contributed by atoms with Crippen LogP contribution < -0.4 is 5.32 Å². The van der Waals surface area contributed by atoms with E-state index in [1.54, 1.807) is 12.4 Å². The fourth-order valence-corrected chi connectivity index (χ4v) is 1.75. The lowest BCUT2D eigenvalue weighted by Gasteiger charge is -2.11. The van der Waals surface area contributed by atoms with Gasteiger partial charge in [0.15, 0.2) is 0 Å². The standard InChI is InChI=1S/C13H19N5/c1-4-7-14-13-15-8-5-11(17-13)12-6-9-16-18(12)10(2)3/h5-6,8-10H,4,7H2,1-3H3,(H,14,15,17). The normalized spacial score (nSPS) is 10.9. The smallest absolute Gasteiger partial charge is 0.223 e. The summed E-state index contributed by atoms with van der Waals surface area (Å²) in [6.45, 7) is 7.21. The molecule has 2 aromatic heterocycles. The lowest BCUT2D eigenvalue weighted by Crippen LogP contribution is -2.07. The molecule has 2 rings (SSSR count). The monoisotopic (exact) mass is 245 g/mol. The molecule has 0 atom stereocenters. The molecule has 0 aliphatic rings. The summed E-state index contributed by atoms with van der Waals surface area (Å²) in [6, 6.07) is 4.20. The number of nitrogens with one attached hydrogen (secondary N) is 1. The van der Waals surface area contributed by atoms with Gasteiger partial charge in [-0.25, -0.2) is 9.97 Å². The summed E-state index contributed by atoms with van der Waals surface area (Å²) >= 11 is 0. The Labute approximate surface area is 107 Å². The second kappa shape index (κ2) is 5.62. The number of anilines is 1. The molecule has 5 heteroatoms. The Hall–Kier alpha value is -1.91. The number of rotatable bonds is 5. The zero-order valence-electron chi connectivity index (χ0n) is 11.1. The van der Waals surface area contributed by atoms with Crippen LogP contribution in [0, 0.1) is 0 Å². The van der Waals surface area contributed by atoms with Crippen molar-refractivity contribution in [2.24, 2.45) is 0 Å². The predicted octanol–water partition coefficient (Wildman–Crippen LogP) is 2.74. The van der Waals surface area contributed by atoms with Crippen LogP contribution in [0.5, 0.6) is 0 Å². The molecule has 0 amide bonds. The van der Waals surface area contributed by atoms with Crippen molar-refractivity contribution in [3.05, 3.63) is 24.5 Å². The lowest BCUT2D eigenvalue weighted by atomic mass is 10.3. The van der Waals surface area contributed by atoms with Gasteiger partial charge in [0.25, 0.3) is 0 Å². The molecule has 0 aliphatic carbocycles. The number of nitrogens with zero attached hydrogens (tertiary/aromatic N) is 4. The second-order valence-corrected chi connectivity index (χ2v) is 4.45. The highest BCUT2D eigenvalue weighted by molar-refractivity contribution is 5.55. The molecule has 0 aliphatic heterocycles. The predicted molar refractivity (Wildman–Crippen MR) is 72.4 cm³/mol. The minimum absolute atomic E-state index is 0.317. The van der Waals surface area contributed by atoms with Gasteiger partial charge in [0.05, 0.1) is 11.4 Å². The Morgan fingerprint density at radius 2 is 2.11 bits per heavy atom. The molecule has 1 N–H and O–H groups in total. The fraction of sp³-hybridized carbons (Fsp3) is 0.462. The third-order valence-electron chi connectivity index (χ3n) is 2.61. The minimum Gasteiger partial charge on any atom is -0.354 e. The van der Waals surface area contributed by atoms with Crippen molar-refractivity contribution in [1.82, 2.24) is 19.7 Å². The van der Waals surface area contributed by atoms with Crippen LogP contribution in [-0.4, -0.2) is 26.3 Å². The van der Waals surface area contributed by atoms with Gasteiger partial charge >= 0.3 is 0 Å². The Kier molecular flexibility index (Phi) is 3.92. The first-order valence-corrected chi connectivity index (χ1v) is 6.33. The summed E-state index contributed by atoms with van der Waals surface area (Å²) in [5.74, 6) is 0.672. The van der Waals surface area contributed by atoms with E-state index in [0.717, 1.165) is 24.4 Å². The van der Waals surface area contributed by atoms with Gasteiger partial charge in [0.2, 0.25) is 5.95 Å². The second-order valence-electron chi connectivity index (χ2n) is 4.45. The molecule has 0 radical (unpaired) electrons. The van der Waals surface area contributed by atoms with E-state index in [0.29, 0.717) is 12.0 Å². The summed E-state index contributed by atoms with van der Waals surface area (Å²) in [7, 11) is 0. The summed E-state index contributed by atoms with van der Waals surface area (Å²) in [6.07, 6.45) is 4.63. The highest BCUT2D eigenvalue weighted by atomic mass is 15.3. The molecule has 18 heavy (non-hydrogen) atoms. The zero-order chi connectivity index (χ0) is 13.0. The minimum atomic E-state index is 0.317. The zero-order valence-corrected chi connectivity index (χ0v) is 11.1. The van der Waals surface area contributed by atoms with E-state index in [2.05, 4.69) is 41.2 Å². The van der Waals surface area contributed by atoms with Crippen molar-refractivity contribution >= 4 is 5.95 Å². The molecule has 0 fully saturated rings. The van der Waals surface area contributed by atoms with Crippen LogP contribution in [0.4, 0.5) is 5.95 Å². The topological polar surface area (TPSA) is 55.6 Å². The van der Waals surface area contributed by atoms with Crippen LogP contribution in [0.25, 0.3) is 11.4 Å². The van der Waals surface area contributed by atoms with Crippen molar-refractivity contribution in [3.63, 3.8) is 0 Å². The molecule has 0 aromatic carbocycles. The maximum Gasteiger partial charge on any atom is 0.223 e. The Morgan fingerprint density at radius 1 is 1.28 bits per heavy atom. The van der Waals surface area contributed by atoms with Crippen LogP contribution in [-0.2, 0) is 0 Å². The molecule has 2 aromatic rings. The van der Waals surface area contributed by atoms with Gasteiger partial charge < -0.3 is 5.32 Å². The molecule has 96 valence electrons. The van der Waals surface area contributed by atoms with Gasteiger partial charge in [0.1, 0.15) is 0 Å². The van der Waals surface area contributed by atoms with Crippen molar-refractivity contribution in [1.29, 1.82) is 0 Å². The molecule has 5 nitrogen and oxygen atoms in total. The average Bonchev–Trinajstić information content (AvgIpc) is 2.86. The van der Waals surface area contributed by atoms with Crippen LogP contribution in [0.1, 0.15) is 33.2 Å². The quantitative estimate of drug-likeness (QED) is 0.880. The molecule has 0 unspecified atom stereocenters. The highest BCUT2D eigenvalue weighted by Crippen LogP contribution is 2.20. The van der Waals surface area contributed by atoms with E-state index in [1.807, 2.05) is 16.8 Å². The van der Waals surface area contributed by atoms with E-state index in [-0.39, 0.29) is 0 Å². The Morgan fingerprint density at radius 3 is 2.83 bits per heavy atom. The van der Waals surface area contributed by atoms with E-state index in [1.165, 1.54) is 0 Å². The van der Waals surface area contributed by atoms with Crippen LogP contribution in [0.3, 0.4) is 0 Å². The van der Waals surface area contributed by atoms with Crippen molar-refractivity contribution < 1.29 is 0 Å². The maximum absolute atomic E-state index is 4.51. The van der Waals surface area contributed by atoms with E-state index in [9.17, 15) is 0 Å². The molecule has 0 spiro atoms. The largest absolute Gasteiger partial charge is 0.354 e. The van der Waals surface area contributed by atoms with E-state index in [4.69, 9.17) is 0 Å². The van der Waals surface area contributed by atoms with Gasteiger partial charge in [-0.05, 0) is 32.4 Å². The Balaban J connectivity index is 2.29. The summed E-state index contributed by atoms with van der Waals surface area (Å²) in [5.41, 5.74) is 1.92. The third-order valence-corrected chi connectivity index (χ3v) is 2.61. The number of hydrogen-bond acceptors (Lipinski definition) is 4. The van der Waals surface area contributed by atoms with Gasteiger partial charge in [-0.1, -0.05) is 6.92 Å². The van der Waals surface area contributed by atoms with Crippen LogP contribution >= 0.6 is 0 Å².